The highest BCUT2D eigenvalue weighted by atomic mass is 127. The number of aryl methyl sites for hydroxylation is 3. The summed E-state index contributed by atoms with van der Waals surface area (Å²) in [6.45, 7) is 9.45. The molecule has 7 nitrogen and oxygen atoms in total. The standard InChI is InChI=1S/C16H30N6O.HI/c1-13-10-14(2)22(20-13)7-5-6-18-16(17-3)19-11-15-12-21(4)8-9-23-15;/h10,15H,5-9,11-12H2,1-4H3,(H2,17,18,19);1H. The second kappa shape index (κ2) is 10.9. The summed E-state index contributed by atoms with van der Waals surface area (Å²) in [7, 11) is 3.92. The number of aromatic nitrogens is 2. The van der Waals surface area contributed by atoms with Crippen molar-refractivity contribution < 1.29 is 4.74 Å². The van der Waals surface area contributed by atoms with E-state index in [0.717, 1.165) is 57.4 Å². The van der Waals surface area contributed by atoms with E-state index in [1.54, 1.807) is 7.05 Å². The second-order valence-corrected chi connectivity index (χ2v) is 6.14. The quantitative estimate of drug-likeness (QED) is 0.293. The van der Waals surface area contributed by atoms with Crippen molar-refractivity contribution in [3.63, 3.8) is 0 Å². The highest BCUT2D eigenvalue weighted by Gasteiger charge is 2.17. The maximum absolute atomic E-state index is 5.74. The molecule has 2 heterocycles. The van der Waals surface area contributed by atoms with E-state index in [1.165, 1.54) is 5.69 Å². The number of likely N-dealkylation sites (N-methyl/N-ethyl adjacent to an activating group) is 1. The Morgan fingerprint density at radius 2 is 2.21 bits per heavy atom. The van der Waals surface area contributed by atoms with Crippen molar-refractivity contribution in [1.82, 2.24) is 25.3 Å². The van der Waals surface area contributed by atoms with Crippen molar-refractivity contribution in [3.8, 4) is 0 Å². The van der Waals surface area contributed by atoms with Crippen molar-refractivity contribution in [3.05, 3.63) is 17.5 Å². The number of nitrogens with one attached hydrogen (secondary N) is 2. The fraction of sp³-hybridized carbons (Fsp3) is 0.750. The molecule has 0 amide bonds. The number of hydrogen-bond acceptors (Lipinski definition) is 4. The van der Waals surface area contributed by atoms with Crippen LogP contribution in [-0.2, 0) is 11.3 Å². The molecule has 8 heteroatoms. The molecule has 1 aliphatic heterocycles. The molecule has 24 heavy (non-hydrogen) atoms. The molecule has 2 N–H and O–H groups in total. The van der Waals surface area contributed by atoms with Crippen molar-refractivity contribution in [1.29, 1.82) is 0 Å². The van der Waals surface area contributed by atoms with Gasteiger partial charge in [0.1, 0.15) is 0 Å². The van der Waals surface area contributed by atoms with Gasteiger partial charge < -0.3 is 20.3 Å². The van der Waals surface area contributed by atoms with Crippen molar-refractivity contribution in [2.24, 2.45) is 4.99 Å². The molecule has 1 fully saturated rings. The number of morpholine rings is 1. The average molecular weight is 450 g/mol. The van der Waals surface area contributed by atoms with E-state index in [9.17, 15) is 0 Å². The van der Waals surface area contributed by atoms with E-state index in [2.05, 4.69) is 50.3 Å². The van der Waals surface area contributed by atoms with E-state index >= 15 is 0 Å². The number of aliphatic imine (C=N–C) groups is 1. The van der Waals surface area contributed by atoms with Gasteiger partial charge in [-0.25, -0.2) is 0 Å². The fourth-order valence-corrected chi connectivity index (χ4v) is 2.76. The zero-order valence-corrected chi connectivity index (χ0v) is 17.5. The smallest absolute Gasteiger partial charge is 0.191 e. The Labute approximate surface area is 162 Å². The Balaban J connectivity index is 0.00000288. The highest BCUT2D eigenvalue weighted by Crippen LogP contribution is 2.02. The van der Waals surface area contributed by atoms with Gasteiger partial charge in [0.05, 0.1) is 18.4 Å². The topological polar surface area (TPSA) is 66.7 Å². The Morgan fingerprint density at radius 1 is 1.42 bits per heavy atom. The van der Waals surface area contributed by atoms with Crippen LogP contribution in [0.25, 0.3) is 0 Å². The second-order valence-electron chi connectivity index (χ2n) is 6.14. The van der Waals surface area contributed by atoms with Gasteiger partial charge in [0.15, 0.2) is 5.96 Å². The molecule has 0 aromatic carbocycles. The van der Waals surface area contributed by atoms with Gasteiger partial charge in [-0.2, -0.15) is 5.10 Å². The van der Waals surface area contributed by atoms with Gasteiger partial charge >= 0.3 is 0 Å². The highest BCUT2D eigenvalue weighted by molar-refractivity contribution is 14.0. The first-order chi connectivity index (χ1) is 11.1. The van der Waals surface area contributed by atoms with Gasteiger partial charge in [0.2, 0.25) is 0 Å². The largest absolute Gasteiger partial charge is 0.374 e. The summed E-state index contributed by atoms with van der Waals surface area (Å²) in [5.41, 5.74) is 2.29. The molecular formula is C16H31IN6O. The van der Waals surface area contributed by atoms with Gasteiger partial charge in [-0.3, -0.25) is 9.67 Å². The van der Waals surface area contributed by atoms with E-state index in [0.29, 0.717) is 0 Å². The van der Waals surface area contributed by atoms with Gasteiger partial charge in [0, 0.05) is 45.5 Å². The summed E-state index contributed by atoms with van der Waals surface area (Å²) in [5, 5.41) is 11.2. The third-order valence-electron chi connectivity index (χ3n) is 4.01. The van der Waals surface area contributed by atoms with Crippen LogP contribution in [0.5, 0.6) is 0 Å². The van der Waals surface area contributed by atoms with Crippen LogP contribution >= 0.6 is 24.0 Å². The van der Waals surface area contributed by atoms with Gasteiger partial charge in [-0.1, -0.05) is 0 Å². The third-order valence-corrected chi connectivity index (χ3v) is 4.01. The molecule has 1 unspecified atom stereocenters. The molecule has 1 aromatic heterocycles. The molecule has 0 spiro atoms. The molecule has 138 valence electrons. The number of ether oxygens (including phenoxy) is 1. The summed E-state index contributed by atoms with van der Waals surface area (Å²) >= 11 is 0. The van der Waals surface area contributed by atoms with Gasteiger partial charge in [-0.15, -0.1) is 24.0 Å². The Bertz CT molecular complexity index is 519. The molecule has 1 aliphatic rings. The van der Waals surface area contributed by atoms with Crippen molar-refractivity contribution in [2.75, 3.05) is 46.9 Å². The van der Waals surface area contributed by atoms with Crippen LogP contribution in [-0.4, -0.2) is 73.6 Å². The van der Waals surface area contributed by atoms with Crippen LogP contribution in [0.2, 0.25) is 0 Å². The van der Waals surface area contributed by atoms with Crippen LogP contribution in [0.4, 0.5) is 0 Å². The number of halogens is 1. The number of guanidine groups is 1. The summed E-state index contributed by atoms with van der Waals surface area (Å²) in [4.78, 5) is 6.55. The van der Waals surface area contributed by atoms with Crippen molar-refractivity contribution >= 4 is 29.9 Å². The summed E-state index contributed by atoms with van der Waals surface area (Å²) in [6.07, 6.45) is 1.23. The Kier molecular flexibility index (Phi) is 9.60. The van der Waals surface area contributed by atoms with Crippen LogP contribution < -0.4 is 10.6 Å². The molecule has 0 radical (unpaired) electrons. The van der Waals surface area contributed by atoms with E-state index in [4.69, 9.17) is 4.74 Å². The molecule has 0 aliphatic carbocycles. The molecule has 0 saturated carbocycles. The predicted molar refractivity (Wildman–Crippen MR) is 108 cm³/mol. The van der Waals surface area contributed by atoms with Crippen LogP contribution in [0.1, 0.15) is 17.8 Å². The minimum atomic E-state index is 0. The maximum Gasteiger partial charge on any atom is 0.191 e. The molecule has 0 bridgehead atoms. The minimum Gasteiger partial charge on any atom is -0.374 e. The SMILES string of the molecule is CN=C(NCCCn1nc(C)cc1C)NCC1CN(C)CCO1.I. The molecule has 1 aromatic rings. The van der Waals surface area contributed by atoms with E-state index in [1.807, 2.05) is 6.92 Å². The van der Waals surface area contributed by atoms with Gasteiger partial charge in [-0.05, 0) is 33.4 Å². The first-order valence-electron chi connectivity index (χ1n) is 8.34. The number of hydrogen-bond donors (Lipinski definition) is 2. The van der Waals surface area contributed by atoms with Crippen LogP contribution in [0, 0.1) is 13.8 Å². The molecule has 2 rings (SSSR count). The lowest BCUT2D eigenvalue weighted by atomic mass is 10.3. The van der Waals surface area contributed by atoms with E-state index < -0.39 is 0 Å². The average Bonchev–Trinajstić information content (AvgIpc) is 2.84. The lowest BCUT2D eigenvalue weighted by Crippen LogP contribution is -2.48. The molecule has 1 saturated heterocycles. The summed E-state index contributed by atoms with van der Waals surface area (Å²) in [6, 6.07) is 2.11. The lowest BCUT2D eigenvalue weighted by molar-refractivity contribution is -0.0161. The zero-order chi connectivity index (χ0) is 16.7. The van der Waals surface area contributed by atoms with Crippen LogP contribution in [0.15, 0.2) is 11.1 Å². The summed E-state index contributed by atoms with van der Waals surface area (Å²) < 4.78 is 7.80. The molecule has 1 atom stereocenters. The molecular weight excluding hydrogens is 419 g/mol. The summed E-state index contributed by atoms with van der Waals surface area (Å²) in [5.74, 6) is 0.829. The van der Waals surface area contributed by atoms with Gasteiger partial charge in [0.25, 0.3) is 0 Å². The number of rotatable bonds is 6. The monoisotopic (exact) mass is 450 g/mol. The Hall–Kier alpha value is -0.870. The van der Waals surface area contributed by atoms with Crippen molar-refractivity contribution in [2.45, 2.75) is 32.9 Å². The maximum atomic E-state index is 5.74. The number of nitrogens with zero attached hydrogens (tertiary/aromatic N) is 4. The lowest BCUT2D eigenvalue weighted by Gasteiger charge is -2.30. The normalized spacial score (nSPS) is 19.0. The third kappa shape index (κ3) is 6.94. The fourth-order valence-electron chi connectivity index (χ4n) is 2.76. The predicted octanol–water partition coefficient (Wildman–Crippen LogP) is 1.00. The zero-order valence-electron chi connectivity index (χ0n) is 15.2. The minimum absolute atomic E-state index is 0. The van der Waals surface area contributed by atoms with E-state index in [-0.39, 0.29) is 30.1 Å². The van der Waals surface area contributed by atoms with Crippen LogP contribution in [0.3, 0.4) is 0 Å². The first kappa shape index (κ1) is 21.2. The first-order valence-corrected chi connectivity index (χ1v) is 8.34. The Morgan fingerprint density at radius 3 is 2.83 bits per heavy atom.